The zero-order chi connectivity index (χ0) is 36.4. The third-order valence-corrected chi connectivity index (χ3v) is 12.8. The van der Waals surface area contributed by atoms with Gasteiger partial charge in [-0.15, -0.1) is 0 Å². The molecule has 0 aromatic heterocycles. The summed E-state index contributed by atoms with van der Waals surface area (Å²) >= 11 is 0. The first-order valence-corrected chi connectivity index (χ1v) is 16.7. The van der Waals surface area contributed by atoms with Gasteiger partial charge in [0.15, 0.2) is 11.6 Å². The molecule has 0 radical (unpaired) electrons. The van der Waals surface area contributed by atoms with Crippen LogP contribution in [-0.4, -0.2) is 85.2 Å². The van der Waals surface area contributed by atoms with Gasteiger partial charge < -0.3 is 30.3 Å². The number of aliphatic carboxylic acids is 2. The van der Waals surface area contributed by atoms with Gasteiger partial charge in [-0.05, 0) is 64.2 Å². The second-order valence-electron chi connectivity index (χ2n) is 16.0. The molecule has 0 aromatic carbocycles. The first-order valence-electron chi connectivity index (χ1n) is 16.7. The van der Waals surface area contributed by atoms with Crippen LogP contribution < -0.4 is 0 Å². The number of ether oxygens (including phenoxy) is 1. The van der Waals surface area contributed by atoms with Gasteiger partial charge in [-0.3, -0.25) is 24.0 Å². The molecular formula is C36H50O12. The molecule has 0 amide bonds. The van der Waals surface area contributed by atoms with Crippen LogP contribution in [0.2, 0.25) is 0 Å². The number of carboxylic acid groups (broad SMARTS) is 2. The number of carbonyl (C=O) groups excluding carboxylic acids is 4. The van der Waals surface area contributed by atoms with E-state index in [1.54, 1.807) is 33.8 Å². The number of esters is 1. The molecule has 0 saturated heterocycles. The Hall–Kier alpha value is -3.22. The highest BCUT2D eigenvalue weighted by atomic mass is 16.5. The van der Waals surface area contributed by atoms with Crippen LogP contribution in [0.25, 0.3) is 0 Å². The van der Waals surface area contributed by atoms with Gasteiger partial charge in [-0.25, -0.2) is 4.79 Å². The van der Waals surface area contributed by atoms with E-state index in [-0.39, 0.29) is 60.7 Å². The molecule has 2 fully saturated rings. The topological polar surface area (TPSA) is 213 Å². The van der Waals surface area contributed by atoms with Crippen molar-refractivity contribution in [2.75, 3.05) is 6.61 Å². The fourth-order valence-electron chi connectivity index (χ4n) is 9.71. The van der Waals surface area contributed by atoms with Crippen LogP contribution in [0.1, 0.15) is 99.8 Å². The van der Waals surface area contributed by atoms with Crippen molar-refractivity contribution in [3.05, 3.63) is 22.8 Å². The zero-order valence-corrected chi connectivity index (χ0v) is 28.9. The molecule has 2 saturated carbocycles. The summed E-state index contributed by atoms with van der Waals surface area (Å²) in [7, 11) is 0. The number of aliphatic hydroxyl groups excluding tert-OH is 2. The van der Waals surface area contributed by atoms with Gasteiger partial charge in [0, 0.05) is 45.8 Å². The molecule has 5 N–H and O–H groups in total. The van der Waals surface area contributed by atoms with Crippen LogP contribution in [-0.2, 0) is 33.5 Å². The number of ketones is 3. The smallest absolute Gasteiger partial charge is 0.330 e. The Kier molecular flexibility index (Phi) is 9.86. The van der Waals surface area contributed by atoms with E-state index >= 15 is 0 Å². The first kappa shape index (κ1) is 37.6. The van der Waals surface area contributed by atoms with Crippen molar-refractivity contribution in [3.8, 4) is 0 Å². The first-order chi connectivity index (χ1) is 22.0. The fourth-order valence-corrected chi connectivity index (χ4v) is 9.71. The van der Waals surface area contributed by atoms with E-state index in [1.165, 1.54) is 13.8 Å². The molecule has 0 heterocycles. The minimum atomic E-state index is -1.87. The van der Waals surface area contributed by atoms with Crippen LogP contribution in [0.4, 0.5) is 0 Å². The highest BCUT2D eigenvalue weighted by Gasteiger charge is 2.73. The van der Waals surface area contributed by atoms with Crippen molar-refractivity contribution in [1.29, 1.82) is 0 Å². The Morgan fingerprint density at radius 2 is 1.65 bits per heavy atom. The Morgan fingerprint density at radius 3 is 2.23 bits per heavy atom. The number of rotatable bonds is 11. The molecule has 0 bridgehead atoms. The van der Waals surface area contributed by atoms with Gasteiger partial charge in [0.05, 0.1) is 36.6 Å². The molecule has 4 aliphatic carbocycles. The van der Waals surface area contributed by atoms with Crippen molar-refractivity contribution < 1.29 is 59.0 Å². The lowest BCUT2D eigenvalue weighted by Crippen LogP contribution is -2.65. The van der Waals surface area contributed by atoms with E-state index in [4.69, 9.17) is 9.84 Å². The number of carbonyl (C=O) groups is 6. The standard InChI is InChI=1S/C36H50O12/c1-18(9-8-10-19(2)31(45)46)20-13-24(39)36(7)27-21(37)14-22-33(4,28(27)29(43)30(44)35(20,36)6)12-11-23(38)34(22,5)17-48-26(42)16-32(3,47)15-25(40)41/h10,18,20,22-23,30,38,44,47H,8-9,11-17H2,1-7H3,(H,40,41)(H,45,46). The summed E-state index contributed by atoms with van der Waals surface area (Å²) in [5.74, 6) is -5.87. The third kappa shape index (κ3) is 5.77. The van der Waals surface area contributed by atoms with Crippen LogP contribution in [0.3, 0.4) is 0 Å². The summed E-state index contributed by atoms with van der Waals surface area (Å²) < 4.78 is 5.50. The van der Waals surface area contributed by atoms with E-state index < -0.39 is 93.6 Å². The van der Waals surface area contributed by atoms with Gasteiger partial charge in [0.2, 0.25) is 0 Å². The van der Waals surface area contributed by atoms with Crippen molar-refractivity contribution in [1.82, 2.24) is 0 Å². The minimum Gasteiger partial charge on any atom is -0.481 e. The SMILES string of the molecule is CC(=CCCC(C)C1CC(=O)C2(C)C3=C(C(=O)C(O)C12C)C1(C)CCC(O)C(C)(COC(=O)CC(C)(O)CC(=O)O)C1CC3=O)C(=O)O. The highest BCUT2D eigenvalue weighted by molar-refractivity contribution is 6.17. The second kappa shape index (κ2) is 12.6. The number of carboxylic acids is 2. The van der Waals surface area contributed by atoms with Gasteiger partial charge in [0.25, 0.3) is 0 Å². The lowest BCUT2D eigenvalue weighted by Gasteiger charge is -2.61. The fraction of sp³-hybridized carbons (Fsp3) is 0.722. The van der Waals surface area contributed by atoms with E-state index in [9.17, 15) is 49.2 Å². The highest BCUT2D eigenvalue weighted by Crippen LogP contribution is 2.70. The van der Waals surface area contributed by atoms with E-state index in [0.29, 0.717) is 12.8 Å². The lowest BCUT2D eigenvalue weighted by atomic mass is 9.42. The van der Waals surface area contributed by atoms with E-state index in [1.807, 2.05) is 6.92 Å². The van der Waals surface area contributed by atoms with Crippen molar-refractivity contribution in [3.63, 3.8) is 0 Å². The van der Waals surface area contributed by atoms with Gasteiger partial charge in [0.1, 0.15) is 11.9 Å². The monoisotopic (exact) mass is 674 g/mol. The maximum atomic E-state index is 14.4. The van der Waals surface area contributed by atoms with Crippen molar-refractivity contribution in [2.24, 2.45) is 39.4 Å². The van der Waals surface area contributed by atoms with E-state index in [0.717, 1.165) is 0 Å². The summed E-state index contributed by atoms with van der Waals surface area (Å²) in [6, 6.07) is 0. The Balaban J connectivity index is 1.71. The molecule has 4 aliphatic rings. The van der Waals surface area contributed by atoms with Crippen LogP contribution >= 0.6 is 0 Å². The molecule has 4 rings (SSSR count). The van der Waals surface area contributed by atoms with Gasteiger partial charge in [-0.2, -0.15) is 0 Å². The van der Waals surface area contributed by atoms with Crippen molar-refractivity contribution >= 4 is 35.3 Å². The number of allylic oxidation sites excluding steroid dienone is 2. The number of fused-ring (bicyclic) bond motifs is 4. The molecule has 266 valence electrons. The molecule has 48 heavy (non-hydrogen) atoms. The molecule has 12 nitrogen and oxygen atoms in total. The number of hydrogen-bond acceptors (Lipinski definition) is 10. The maximum Gasteiger partial charge on any atom is 0.330 e. The van der Waals surface area contributed by atoms with Gasteiger partial charge in [-0.1, -0.05) is 33.8 Å². The second-order valence-corrected chi connectivity index (χ2v) is 16.0. The summed E-state index contributed by atoms with van der Waals surface area (Å²) in [6.45, 7) is 11.1. The Labute approximate surface area is 280 Å². The molecule has 10 unspecified atom stereocenters. The van der Waals surface area contributed by atoms with Crippen molar-refractivity contribution in [2.45, 2.75) is 118 Å². The van der Waals surface area contributed by atoms with Crippen LogP contribution in [0, 0.1) is 39.4 Å². The van der Waals surface area contributed by atoms with Gasteiger partial charge >= 0.3 is 17.9 Å². The van der Waals surface area contributed by atoms with Crippen LogP contribution in [0.15, 0.2) is 22.8 Å². The molecule has 0 aliphatic heterocycles. The third-order valence-electron chi connectivity index (χ3n) is 12.8. The lowest BCUT2D eigenvalue weighted by molar-refractivity contribution is -0.174. The molecule has 0 spiro atoms. The Bertz CT molecular complexity index is 1490. The molecule has 0 aromatic rings. The molecule has 12 heteroatoms. The maximum absolute atomic E-state index is 14.4. The number of aliphatic hydroxyl groups is 3. The molecule has 10 atom stereocenters. The zero-order valence-electron chi connectivity index (χ0n) is 28.9. The number of hydrogen-bond donors (Lipinski definition) is 5. The summed E-state index contributed by atoms with van der Waals surface area (Å²) in [5, 5.41) is 51.8. The Morgan fingerprint density at radius 1 is 1.02 bits per heavy atom. The minimum absolute atomic E-state index is 0.0440. The summed E-state index contributed by atoms with van der Waals surface area (Å²) in [6.07, 6.45) is -1.04. The van der Waals surface area contributed by atoms with E-state index in [2.05, 4.69) is 0 Å². The predicted octanol–water partition coefficient (Wildman–Crippen LogP) is 3.19. The average Bonchev–Trinajstić information content (AvgIpc) is 3.19. The predicted molar refractivity (Wildman–Crippen MR) is 170 cm³/mol. The largest absolute Gasteiger partial charge is 0.481 e. The summed E-state index contributed by atoms with van der Waals surface area (Å²) in [5.41, 5.74) is -6.51. The number of Topliss-reactive ketones (excluding diaryl/α,β-unsaturated/α-hetero) is 3. The summed E-state index contributed by atoms with van der Waals surface area (Å²) in [4.78, 5) is 78.0. The van der Waals surface area contributed by atoms with Crippen LogP contribution in [0.5, 0.6) is 0 Å². The normalized spacial score (nSPS) is 38.5. The molecular weight excluding hydrogens is 624 g/mol. The quantitative estimate of drug-likeness (QED) is 0.158. The average molecular weight is 675 g/mol.